The molecule has 2 aromatic rings. The standard InChI is InChI=1S/C13H8ClF3O3/c1-19-12(18)11-5-4-10(20-11)7-2-3-9(14)8(6-7)13(15,16)17/h2-6H,1H3. The number of benzene rings is 1. The molecule has 0 bridgehead atoms. The molecule has 0 unspecified atom stereocenters. The predicted octanol–water partition coefficient (Wildman–Crippen LogP) is 4.41. The number of halogens is 4. The van der Waals surface area contributed by atoms with E-state index >= 15 is 0 Å². The van der Waals surface area contributed by atoms with Crippen LogP contribution < -0.4 is 0 Å². The Morgan fingerprint density at radius 1 is 1.25 bits per heavy atom. The van der Waals surface area contributed by atoms with Gasteiger partial charge in [0, 0.05) is 5.56 Å². The summed E-state index contributed by atoms with van der Waals surface area (Å²) in [6, 6.07) is 6.07. The van der Waals surface area contributed by atoms with E-state index in [1.54, 1.807) is 0 Å². The SMILES string of the molecule is COC(=O)c1ccc(-c2ccc(Cl)c(C(F)(F)F)c2)o1. The summed E-state index contributed by atoms with van der Waals surface area (Å²) in [6.07, 6.45) is -4.56. The number of methoxy groups -OCH3 is 1. The molecule has 0 saturated carbocycles. The molecule has 0 spiro atoms. The van der Waals surface area contributed by atoms with Gasteiger partial charge in [-0.1, -0.05) is 11.6 Å². The molecule has 20 heavy (non-hydrogen) atoms. The van der Waals surface area contributed by atoms with Gasteiger partial charge in [-0.3, -0.25) is 0 Å². The van der Waals surface area contributed by atoms with Crippen LogP contribution in [0, 0.1) is 0 Å². The van der Waals surface area contributed by atoms with E-state index in [9.17, 15) is 18.0 Å². The summed E-state index contributed by atoms with van der Waals surface area (Å²) < 4.78 is 47.8. The maximum atomic E-state index is 12.7. The van der Waals surface area contributed by atoms with E-state index < -0.39 is 22.7 Å². The molecule has 1 aromatic heterocycles. The third-order valence-electron chi connectivity index (χ3n) is 2.55. The van der Waals surface area contributed by atoms with Crippen LogP contribution >= 0.6 is 11.6 Å². The molecule has 0 atom stereocenters. The van der Waals surface area contributed by atoms with E-state index in [-0.39, 0.29) is 17.1 Å². The lowest BCUT2D eigenvalue weighted by Crippen LogP contribution is -2.05. The van der Waals surface area contributed by atoms with Crippen molar-refractivity contribution in [3.63, 3.8) is 0 Å². The second kappa shape index (κ2) is 5.20. The highest BCUT2D eigenvalue weighted by atomic mass is 35.5. The second-order valence-corrected chi connectivity index (χ2v) is 4.26. The van der Waals surface area contributed by atoms with Crippen molar-refractivity contribution in [1.82, 2.24) is 0 Å². The van der Waals surface area contributed by atoms with Crippen LogP contribution in [-0.2, 0) is 10.9 Å². The third kappa shape index (κ3) is 2.80. The molecule has 0 radical (unpaired) electrons. The van der Waals surface area contributed by atoms with E-state index in [1.165, 1.54) is 25.3 Å². The van der Waals surface area contributed by atoms with Crippen molar-refractivity contribution in [1.29, 1.82) is 0 Å². The average molecular weight is 305 g/mol. The number of rotatable bonds is 2. The predicted molar refractivity (Wildman–Crippen MR) is 65.5 cm³/mol. The smallest absolute Gasteiger partial charge is 0.417 e. The summed E-state index contributed by atoms with van der Waals surface area (Å²) >= 11 is 5.52. The number of ether oxygens (including phenoxy) is 1. The van der Waals surface area contributed by atoms with Crippen molar-refractivity contribution in [2.45, 2.75) is 6.18 Å². The first-order chi connectivity index (χ1) is 9.32. The Morgan fingerprint density at radius 3 is 2.55 bits per heavy atom. The minimum Gasteiger partial charge on any atom is -0.463 e. The van der Waals surface area contributed by atoms with E-state index in [1.807, 2.05) is 0 Å². The van der Waals surface area contributed by atoms with Gasteiger partial charge in [0.25, 0.3) is 0 Å². The van der Waals surface area contributed by atoms with Gasteiger partial charge in [0.15, 0.2) is 0 Å². The van der Waals surface area contributed by atoms with Crippen LogP contribution in [0.2, 0.25) is 5.02 Å². The Morgan fingerprint density at radius 2 is 1.95 bits per heavy atom. The number of alkyl halides is 3. The van der Waals surface area contributed by atoms with Crippen LogP contribution in [0.1, 0.15) is 16.1 Å². The Kier molecular flexibility index (Phi) is 3.76. The van der Waals surface area contributed by atoms with Crippen LogP contribution in [0.15, 0.2) is 34.7 Å². The van der Waals surface area contributed by atoms with E-state index in [2.05, 4.69) is 4.74 Å². The number of carbonyl (C=O) groups excluding carboxylic acids is 1. The maximum absolute atomic E-state index is 12.7. The summed E-state index contributed by atoms with van der Waals surface area (Å²) in [7, 11) is 1.18. The molecule has 0 aliphatic carbocycles. The largest absolute Gasteiger partial charge is 0.463 e. The highest BCUT2D eigenvalue weighted by Gasteiger charge is 2.33. The number of carbonyl (C=O) groups is 1. The number of hydrogen-bond donors (Lipinski definition) is 0. The molecule has 2 rings (SSSR count). The third-order valence-corrected chi connectivity index (χ3v) is 2.88. The molecule has 7 heteroatoms. The molecule has 0 amide bonds. The lowest BCUT2D eigenvalue weighted by molar-refractivity contribution is -0.137. The summed E-state index contributed by atoms with van der Waals surface area (Å²) in [4.78, 5) is 11.2. The first-order valence-electron chi connectivity index (χ1n) is 5.38. The number of hydrogen-bond acceptors (Lipinski definition) is 3. The van der Waals surface area contributed by atoms with Gasteiger partial charge in [-0.15, -0.1) is 0 Å². The zero-order valence-electron chi connectivity index (χ0n) is 10.1. The Hall–Kier alpha value is -1.95. The highest BCUT2D eigenvalue weighted by Crippen LogP contribution is 2.37. The molecule has 0 aliphatic rings. The van der Waals surface area contributed by atoms with Gasteiger partial charge in [-0.2, -0.15) is 13.2 Å². The van der Waals surface area contributed by atoms with Gasteiger partial charge in [-0.05, 0) is 30.3 Å². The van der Waals surface area contributed by atoms with Gasteiger partial charge in [-0.25, -0.2) is 4.79 Å². The lowest BCUT2D eigenvalue weighted by atomic mass is 10.1. The fourth-order valence-corrected chi connectivity index (χ4v) is 1.82. The first-order valence-corrected chi connectivity index (χ1v) is 5.76. The second-order valence-electron chi connectivity index (χ2n) is 3.85. The van der Waals surface area contributed by atoms with Crippen molar-refractivity contribution < 1.29 is 27.1 Å². The maximum Gasteiger partial charge on any atom is 0.417 e. The molecule has 0 aliphatic heterocycles. The minimum absolute atomic E-state index is 0.0917. The fourth-order valence-electron chi connectivity index (χ4n) is 1.60. The van der Waals surface area contributed by atoms with Crippen LogP contribution in [0.4, 0.5) is 13.2 Å². The van der Waals surface area contributed by atoms with Crippen molar-refractivity contribution in [2.24, 2.45) is 0 Å². The lowest BCUT2D eigenvalue weighted by Gasteiger charge is -2.09. The topological polar surface area (TPSA) is 39.4 Å². The summed E-state index contributed by atoms with van der Waals surface area (Å²) in [5.74, 6) is -0.681. The molecule has 0 fully saturated rings. The zero-order valence-corrected chi connectivity index (χ0v) is 10.9. The average Bonchev–Trinajstić information content (AvgIpc) is 2.86. The van der Waals surface area contributed by atoms with Gasteiger partial charge in [0.2, 0.25) is 5.76 Å². The Labute approximate surface area is 116 Å². The van der Waals surface area contributed by atoms with Crippen LogP contribution in [0.3, 0.4) is 0 Å². The molecular formula is C13H8ClF3O3. The summed E-state index contributed by atoms with van der Waals surface area (Å²) in [5, 5.41) is -0.402. The minimum atomic E-state index is -4.56. The monoisotopic (exact) mass is 304 g/mol. The zero-order chi connectivity index (χ0) is 14.9. The summed E-state index contributed by atoms with van der Waals surface area (Å²) in [5.41, 5.74) is -0.801. The van der Waals surface area contributed by atoms with E-state index in [4.69, 9.17) is 16.0 Å². The fraction of sp³-hybridized carbons (Fsp3) is 0.154. The molecule has 1 heterocycles. The first kappa shape index (κ1) is 14.5. The molecule has 106 valence electrons. The van der Waals surface area contributed by atoms with Crippen LogP contribution in [0.5, 0.6) is 0 Å². The van der Waals surface area contributed by atoms with E-state index in [0.717, 1.165) is 12.1 Å². The van der Waals surface area contributed by atoms with Gasteiger partial charge >= 0.3 is 12.1 Å². The van der Waals surface area contributed by atoms with Gasteiger partial charge < -0.3 is 9.15 Å². The normalized spacial score (nSPS) is 11.4. The van der Waals surface area contributed by atoms with E-state index in [0.29, 0.717) is 0 Å². The molecule has 3 nitrogen and oxygen atoms in total. The van der Waals surface area contributed by atoms with Crippen molar-refractivity contribution in [3.8, 4) is 11.3 Å². The quantitative estimate of drug-likeness (QED) is 0.772. The molecule has 1 aromatic carbocycles. The van der Waals surface area contributed by atoms with Crippen LogP contribution in [-0.4, -0.2) is 13.1 Å². The molecular weight excluding hydrogens is 297 g/mol. The van der Waals surface area contributed by atoms with Crippen molar-refractivity contribution in [3.05, 3.63) is 46.7 Å². The van der Waals surface area contributed by atoms with Crippen molar-refractivity contribution in [2.75, 3.05) is 7.11 Å². The Balaban J connectivity index is 2.44. The molecule has 0 N–H and O–H groups in total. The Bertz CT molecular complexity index is 647. The highest BCUT2D eigenvalue weighted by molar-refractivity contribution is 6.31. The van der Waals surface area contributed by atoms with Gasteiger partial charge in [0.1, 0.15) is 5.76 Å². The number of esters is 1. The van der Waals surface area contributed by atoms with Crippen molar-refractivity contribution >= 4 is 17.6 Å². The summed E-state index contributed by atoms with van der Waals surface area (Å²) in [6.45, 7) is 0. The van der Waals surface area contributed by atoms with Gasteiger partial charge in [0.05, 0.1) is 17.7 Å². The molecule has 0 saturated heterocycles. The number of furan rings is 1. The van der Waals surface area contributed by atoms with Crippen LogP contribution in [0.25, 0.3) is 11.3 Å².